The molecular formula is C22H17N5O4. The fourth-order valence-electron chi connectivity index (χ4n) is 4.02. The number of anilines is 1. The van der Waals surface area contributed by atoms with E-state index in [0.717, 1.165) is 16.5 Å². The first kappa shape index (κ1) is 17.8. The Morgan fingerprint density at radius 1 is 1.13 bits per heavy atom. The molecule has 9 heteroatoms. The molecule has 0 radical (unpaired) electrons. The zero-order valence-electron chi connectivity index (χ0n) is 16.3. The molecule has 2 N–H and O–H groups in total. The number of nitrogens with zero attached hydrogens (tertiary/aromatic N) is 4. The minimum absolute atomic E-state index is 0.0796. The van der Waals surface area contributed by atoms with Crippen LogP contribution < -0.4 is 4.90 Å². The van der Waals surface area contributed by atoms with Crippen molar-refractivity contribution >= 4 is 44.9 Å². The maximum Gasteiger partial charge on any atom is 0.337 e. The van der Waals surface area contributed by atoms with Crippen LogP contribution in [0.2, 0.25) is 0 Å². The third kappa shape index (κ3) is 2.82. The molecular weight excluding hydrogens is 398 g/mol. The summed E-state index contributed by atoms with van der Waals surface area (Å²) in [4.78, 5) is 30.7. The number of fused-ring (bicyclic) bond motifs is 4. The molecule has 1 aromatic carbocycles. The molecule has 0 amide bonds. The van der Waals surface area contributed by atoms with Crippen LogP contribution in [0.1, 0.15) is 10.4 Å². The number of hydrogen-bond donors (Lipinski definition) is 2. The first-order valence-electron chi connectivity index (χ1n) is 9.92. The molecule has 0 saturated carbocycles. The number of rotatable bonds is 3. The Kier molecular flexibility index (Phi) is 3.90. The predicted molar refractivity (Wildman–Crippen MR) is 114 cm³/mol. The largest absolute Gasteiger partial charge is 0.478 e. The van der Waals surface area contributed by atoms with Gasteiger partial charge >= 0.3 is 5.97 Å². The van der Waals surface area contributed by atoms with Gasteiger partial charge in [0.05, 0.1) is 24.2 Å². The molecule has 1 aliphatic rings. The molecule has 4 aromatic heterocycles. The average Bonchev–Trinajstić information content (AvgIpc) is 3.43. The Morgan fingerprint density at radius 3 is 2.84 bits per heavy atom. The van der Waals surface area contributed by atoms with Crippen LogP contribution in [0.15, 0.2) is 47.1 Å². The van der Waals surface area contributed by atoms with Crippen molar-refractivity contribution in [3.63, 3.8) is 0 Å². The van der Waals surface area contributed by atoms with E-state index < -0.39 is 5.97 Å². The second kappa shape index (κ2) is 6.78. The number of pyridine rings is 1. The normalized spacial score (nSPS) is 14.6. The molecule has 0 spiro atoms. The Bertz CT molecular complexity index is 1470. The Morgan fingerprint density at radius 2 is 2.00 bits per heavy atom. The smallest absolute Gasteiger partial charge is 0.337 e. The molecule has 5 aromatic rings. The van der Waals surface area contributed by atoms with E-state index in [-0.39, 0.29) is 5.56 Å². The molecule has 0 aliphatic carbocycles. The molecule has 1 saturated heterocycles. The highest BCUT2D eigenvalue weighted by molar-refractivity contribution is 6.07. The molecule has 0 atom stereocenters. The minimum atomic E-state index is -1.05. The minimum Gasteiger partial charge on any atom is -0.478 e. The summed E-state index contributed by atoms with van der Waals surface area (Å²) in [6, 6.07) is 9.46. The van der Waals surface area contributed by atoms with Crippen LogP contribution >= 0.6 is 0 Å². The molecule has 1 aliphatic heterocycles. The van der Waals surface area contributed by atoms with Gasteiger partial charge in [-0.25, -0.2) is 19.7 Å². The number of H-pyrrole nitrogens is 1. The molecule has 31 heavy (non-hydrogen) atoms. The standard InChI is InChI=1S/C22H17N5O4/c28-22(29)12-10-15-17-18(31-21(15)24-11-12)20(27-6-8-30-9-7-27)26-19(25-17)14-2-1-3-16-13(14)4-5-23-16/h1-5,10-11,23H,6-9H2,(H,28,29). The van der Waals surface area contributed by atoms with E-state index in [0.29, 0.717) is 60.1 Å². The van der Waals surface area contributed by atoms with Gasteiger partial charge in [-0.1, -0.05) is 12.1 Å². The summed E-state index contributed by atoms with van der Waals surface area (Å²) in [7, 11) is 0. The van der Waals surface area contributed by atoms with Crippen molar-refractivity contribution in [2.45, 2.75) is 0 Å². The average molecular weight is 415 g/mol. The second-order valence-electron chi connectivity index (χ2n) is 7.38. The van der Waals surface area contributed by atoms with Crippen molar-refractivity contribution in [1.82, 2.24) is 19.9 Å². The fraction of sp³-hybridized carbons (Fsp3) is 0.182. The van der Waals surface area contributed by atoms with E-state index >= 15 is 0 Å². The summed E-state index contributed by atoms with van der Waals surface area (Å²) >= 11 is 0. The summed E-state index contributed by atoms with van der Waals surface area (Å²) in [6.45, 7) is 2.53. The number of hydrogen-bond acceptors (Lipinski definition) is 7. The topological polar surface area (TPSA) is 117 Å². The highest BCUT2D eigenvalue weighted by Gasteiger charge is 2.24. The van der Waals surface area contributed by atoms with Crippen LogP contribution in [-0.4, -0.2) is 57.3 Å². The first-order valence-corrected chi connectivity index (χ1v) is 9.92. The van der Waals surface area contributed by atoms with E-state index in [1.54, 1.807) is 6.07 Å². The van der Waals surface area contributed by atoms with Crippen molar-refractivity contribution < 1.29 is 19.1 Å². The predicted octanol–water partition coefficient (Wildman–Crippen LogP) is 3.45. The van der Waals surface area contributed by atoms with Crippen molar-refractivity contribution in [1.29, 1.82) is 0 Å². The van der Waals surface area contributed by atoms with Crippen molar-refractivity contribution in [2.24, 2.45) is 0 Å². The molecule has 9 nitrogen and oxygen atoms in total. The van der Waals surface area contributed by atoms with Crippen LogP contribution in [0.3, 0.4) is 0 Å². The molecule has 154 valence electrons. The molecule has 1 fully saturated rings. The number of carbonyl (C=O) groups is 1. The number of nitrogens with one attached hydrogen (secondary N) is 1. The Labute approximate surface area is 175 Å². The van der Waals surface area contributed by atoms with Gasteiger partial charge in [0.25, 0.3) is 0 Å². The van der Waals surface area contributed by atoms with Gasteiger partial charge in [0, 0.05) is 41.9 Å². The lowest BCUT2D eigenvalue weighted by molar-refractivity contribution is 0.0696. The lowest BCUT2D eigenvalue weighted by Crippen LogP contribution is -2.37. The molecule has 6 rings (SSSR count). The number of aromatic amines is 1. The number of morpholine rings is 1. The highest BCUT2D eigenvalue weighted by atomic mass is 16.5. The quantitative estimate of drug-likeness (QED) is 0.460. The van der Waals surface area contributed by atoms with E-state index in [1.807, 2.05) is 30.5 Å². The fourth-order valence-corrected chi connectivity index (χ4v) is 4.02. The monoisotopic (exact) mass is 415 g/mol. The van der Waals surface area contributed by atoms with E-state index in [2.05, 4.69) is 14.9 Å². The van der Waals surface area contributed by atoms with E-state index in [9.17, 15) is 9.90 Å². The number of carboxylic acid groups (broad SMARTS) is 1. The van der Waals surface area contributed by atoms with Crippen LogP contribution in [-0.2, 0) is 4.74 Å². The summed E-state index contributed by atoms with van der Waals surface area (Å²) in [5, 5.41) is 11.0. The van der Waals surface area contributed by atoms with Crippen LogP contribution in [0.4, 0.5) is 5.82 Å². The van der Waals surface area contributed by atoms with Gasteiger partial charge in [-0.15, -0.1) is 0 Å². The highest BCUT2D eigenvalue weighted by Crippen LogP contribution is 2.36. The van der Waals surface area contributed by atoms with Crippen molar-refractivity contribution in [3.05, 3.63) is 48.3 Å². The van der Waals surface area contributed by atoms with Gasteiger partial charge in [0.2, 0.25) is 5.71 Å². The van der Waals surface area contributed by atoms with Gasteiger partial charge < -0.3 is 24.1 Å². The lowest BCUT2D eigenvalue weighted by atomic mass is 10.1. The number of carboxylic acids is 1. The van der Waals surface area contributed by atoms with Crippen molar-refractivity contribution in [2.75, 3.05) is 31.2 Å². The zero-order valence-corrected chi connectivity index (χ0v) is 16.3. The third-order valence-corrected chi connectivity index (χ3v) is 5.55. The maximum atomic E-state index is 11.5. The van der Waals surface area contributed by atoms with E-state index in [4.69, 9.17) is 19.1 Å². The lowest BCUT2D eigenvalue weighted by Gasteiger charge is -2.27. The van der Waals surface area contributed by atoms with Crippen LogP contribution in [0.5, 0.6) is 0 Å². The van der Waals surface area contributed by atoms with Crippen LogP contribution in [0.25, 0.3) is 44.5 Å². The first-order chi connectivity index (χ1) is 15.2. The summed E-state index contributed by atoms with van der Waals surface area (Å²) in [6.07, 6.45) is 3.17. The summed E-state index contributed by atoms with van der Waals surface area (Å²) in [5.74, 6) is 0.150. The zero-order chi connectivity index (χ0) is 20.9. The summed E-state index contributed by atoms with van der Waals surface area (Å²) in [5.41, 5.74) is 3.33. The van der Waals surface area contributed by atoms with Gasteiger partial charge in [0.15, 0.2) is 17.2 Å². The number of benzene rings is 1. The maximum absolute atomic E-state index is 11.5. The van der Waals surface area contributed by atoms with Crippen molar-refractivity contribution in [3.8, 4) is 11.4 Å². The Balaban J connectivity index is 1.67. The number of aromatic nitrogens is 4. The number of aromatic carboxylic acids is 1. The van der Waals surface area contributed by atoms with Gasteiger partial charge in [-0.05, 0) is 18.2 Å². The second-order valence-corrected chi connectivity index (χ2v) is 7.38. The SMILES string of the molecule is O=C(O)c1cnc2oc3c(N4CCOCC4)nc(-c4cccc5[nH]ccc45)nc3c2c1. The molecule has 0 bridgehead atoms. The van der Waals surface area contributed by atoms with Gasteiger partial charge in [0.1, 0.15) is 5.52 Å². The number of ether oxygens (including phenoxy) is 1. The van der Waals surface area contributed by atoms with Gasteiger partial charge in [-0.2, -0.15) is 0 Å². The number of furan rings is 1. The Hall–Kier alpha value is -3.98. The summed E-state index contributed by atoms with van der Waals surface area (Å²) < 4.78 is 11.5. The van der Waals surface area contributed by atoms with Crippen LogP contribution in [0, 0.1) is 0 Å². The third-order valence-electron chi connectivity index (χ3n) is 5.55. The molecule has 5 heterocycles. The molecule has 0 unspecified atom stereocenters. The van der Waals surface area contributed by atoms with E-state index in [1.165, 1.54) is 6.20 Å². The van der Waals surface area contributed by atoms with Gasteiger partial charge in [-0.3, -0.25) is 0 Å².